The molecule has 0 bridgehead atoms. The van der Waals surface area contributed by atoms with Gasteiger partial charge in [-0.15, -0.1) is 0 Å². The Morgan fingerprint density at radius 2 is 2.00 bits per heavy atom. The number of benzene rings is 1. The second kappa shape index (κ2) is 6.40. The van der Waals surface area contributed by atoms with Crippen LogP contribution in [-0.2, 0) is 4.79 Å². The average Bonchev–Trinajstić information content (AvgIpc) is 2.37. The van der Waals surface area contributed by atoms with E-state index in [4.69, 9.17) is 10.5 Å². The largest absolute Gasteiger partial charge is 0.497 e. The minimum Gasteiger partial charge on any atom is -0.497 e. The third kappa shape index (κ3) is 3.74. The fourth-order valence-electron chi connectivity index (χ4n) is 1.61. The molecule has 1 rings (SSSR count). The van der Waals surface area contributed by atoms with Gasteiger partial charge in [-0.25, -0.2) is 0 Å². The first-order valence-electron chi connectivity index (χ1n) is 6.15. The van der Waals surface area contributed by atoms with Crippen LogP contribution >= 0.6 is 0 Å². The molecule has 0 aliphatic rings. The zero-order valence-electron chi connectivity index (χ0n) is 11.4. The molecule has 18 heavy (non-hydrogen) atoms. The van der Waals surface area contributed by atoms with Gasteiger partial charge in [0.25, 0.3) is 0 Å². The summed E-state index contributed by atoms with van der Waals surface area (Å²) in [5.41, 5.74) is 6.80. The first-order valence-corrected chi connectivity index (χ1v) is 6.15. The second-order valence-electron chi connectivity index (χ2n) is 4.78. The van der Waals surface area contributed by atoms with Crippen LogP contribution in [0.1, 0.15) is 32.4 Å². The summed E-state index contributed by atoms with van der Waals surface area (Å²) in [6, 6.07) is 7.08. The van der Waals surface area contributed by atoms with Crippen LogP contribution < -0.4 is 15.8 Å². The Labute approximate surface area is 109 Å². The molecule has 0 radical (unpaired) electrons. The van der Waals surface area contributed by atoms with Crippen molar-refractivity contribution in [3.8, 4) is 5.75 Å². The monoisotopic (exact) mass is 250 g/mol. The lowest BCUT2D eigenvalue weighted by Crippen LogP contribution is -2.44. The predicted octanol–water partition coefficient (Wildman–Crippen LogP) is 1.86. The molecule has 0 aromatic heterocycles. The summed E-state index contributed by atoms with van der Waals surface area (Å²) >= 11 is 0. The summed E-state index contributed by atoms with van der Waals surface area (Å²) < 4.78 is 5.16. The van der Waals surface area contributed by atoms with Gasteiger partial charge in [0.1, 0.15) is 5.75 Å². The fourth-order valence-corrected chi connectivity index (χ4v) is 1.61. The molecule has 0 saturated heterocycles. The Morgan fingerprint density at radius 1 is 1.33 bits per heavy atom. The van der Waals surface area contributed by atoms with Crippen molar-refractivity contribution >= 4 is 5.91 Å². The maximum absolute atomic E-state index is 11.9. The van der Waals surface area contributed by atoms with Crippen LogP contribution in [0.5, 0.6) is 5.75 Å². The summed E-state index contributed by atoms with van der Waals surface area (Å²) in [7, 11) is 1.62. The van der Waals surface area contributed by atoms with Crippen molar-refractivity contribution < 1.29 is 9.53 Å². The van der Waals surface area contributed by atoms with Crippen LogP contribution in [0.4, 0.5) is 0 Å². The van der Waals surface area contributed by atoms with E-state index < -0.39 is 6.04 Å². The molecule has 3 N–H and O–H groups in total. The molecule has 2 atom stereocenters. The van der Waals surface area contributed by atoms with Gasteiger partial charge in [-0.05, 0) is 30.5 Å². The maximum atomic E-state index is 11.9. The molecule has 1 aromatic carbocycles. The zero-order valence-corrected chi connectivity index (χ0v) is 11.4. The number of nitrogens with one attached hydrogen (secondary N) is 1. The first-order chi connectivity index (χ1) is 8.45. The van der Waals surface area contributed by atoms with Gasteiger partial charge in [-0.3, -0.25) is 4.79 Å². The van der Waals surface area contributed by atoms with Gasteiger partial charge in [0.05, 0.1) is 19.2 Å². The maximum Gasteiger partial charge on any atom is 0.237 e. The smallest absolute Gasteiger partial charge is 0.237 e. The van der Waals surface area contributed by atoms with Crippen molar-refractivity contribution in [2.45, 2.75) is 32.9 Å². The lowest BCUT2D eigenvalue weighted by atomic mass is 10.0. The highest BCUT2D eigenvalue weighted by atomic mass is 16.5. The van der Waals surface area contributed by atoms with E-state index in [9.17, 15) is 4.79 Å². The van der Waals surface area contributed by atoms with Crippen LogP contribution in [0.25, 0.3) is 0 Å². The molecule has 0 heterocycles. The third-order valence-electron chi connectivity index (χ3n) is 2.97. The molecule has 0 aliphatic carbocycles. The average molecular weight is 250 g/mol. The number of carbonyl (C=O) groups is 1. The fraction of sp³-hybridized carbons (Fsp3) is 0.500. The highest BCUT2D eigenvalue weighted by Gasteiger charge is 2.19. The van der Waals surface area contributed by atoms with E-state index in [1.54, 1.807) is 7.11 Å². The number of hydrogen-bond donors (Lipinski definition) is 2. The number of methoxy groups -OCH3 is 1. The molecule has 0 saturated carbocycles. The number of ether oxygens (including phenoxy) is 1. The molecule has 0 unspecified atom stereocenters. The molecule has 4 nitrogen and oxygen atoms in total. The first kappa shape index (κ1) is 14.5. The second-order valence-corrected chi connectivity index (χ2v) is 4.78. The minimum atomic E-state index is -0.474. The van der Waals surface area contributed by atoms with E-state index in [1.165, 1.54) is 0 Å². The SMILES string of the molecule is COc1cccc([C@@H](C)NC(=O)[C@@H](N)C(C)C)c1. The van der Waals surface area contributed by atoms with E-state index >= 15 is 0 Å². The summed E-state index contributed by atoms with van der Waals surface area (Å²) in [5.74, 6) is 0.782. The van der Waals surface area contributed by atoms with Crippen LogP contribution in [0.2, 0.25) is 0 Å². The number of nitrogens with two attached hydrogens (primary N) is 1. The van der Waals surface area contributed by atoms with Crippen LogP contribution in [0, 0.1) is 5.92 Å². The molecule has 1 aromatic rings. The van der Waals surface area contributed by atoms with Crippen molar-refractivity contribution in [2.24, 2.45) is 11.7 Å². The number of rotatable bonds is 5. The van der Waals surface area contributed by atoms with E-state index in [1.807, 2.05) is 45.0 Å². The molecule has 0 spiro atoms. The van der Waals surface area contributed by atoms with Gasteiger partial charge in [0, 0.05) is 0 Å². The Morgan fingerprint density at radius 3 is 2.56 bits per heavy atom. The predicted molar refractivity (Wildman–Crippen MR) is 72.4 cm³/mol. The Balaban J connectivity index is 2.70. The van der Waals surface area contributed by atoms with Gasteiger partial charge < -0.3 is 15.8 Å². The van der Waals surface area contributed by atoms with E-state index in [0.717, 1.165) is 11.3 Å². The molecular weight excluding hydrogens is 228 g/mol. The number of hydrogen-bond acceptors (Lipinski definition) is 3. The highest BCUT2D eigenvalue weighted by Crippen LogP contribution is 2.18. The van der Waals surface area contributed by atoms with Crippen LogP contribution in [0.15, 0.2) is 24.3 Å². The summed E-state index contributed by atoms with van der Waals surface area (Å²) in [5, 5.41) is 2.91. The molecule has 0 fully saturated rings. The quantitative estimate of drug-likeness (QED) is 0.838. The Hall–Kier alpha value is -1.55. The van der Waals surface area contributed by atoms with Gasteiger partial charge in [0.15, 0.2) is 0 Å². The van der Waals surface area contributed by atoms with Gasteiger partial charge in [0.2, 0.25) is 5.91 Å². The highest BCUT2D eigenvalue weighted by molar-refractivity contribution is 5.82. The molecular formula is C14H22N2O2. The molecule has 1 amide bonds. The van der Waals surface area contributed by atoms with Crippen molar-refractivity contribution in [1.29, 1.82) is 0 Å². The van der Waals surface area contributed by atoms with Crippen molar-refractivity contribution in [1.82, 2.24) is 5.32 Å². The summed E-state index contributed by atoms with van der Waals surface area (Å²) in [6.07, 6.45) is 0. The van der Waals surface area contributed by atoms with Crippen molar-refractivity contribution in [2.75, 3.05) is 7.11 Å². The third-order valence-corrected chi connectivity index (χ3v) is 2.97. The lowest BCUT2D eigenvalue weighted by Gasteiger charge is -2.20. The Bertz CT molecular complexity index is 405. The Kier molecular flexibility index (Phi) is 5.16. The number of amides is 1. The van der Waals surface area contributed by atoms with Crippen LogP contribution in [-0.4, -0.2) is 19.1 Å². The standard InChI is InChI=1S/C14H22N2O2/c1-9(2)13(15)14(17)16-10(3)11-6-5-7-12(8-11)18-4/h5-10,13H,15H2,1-4H3,(H,16,17)/t10-,13+/m1/s1. The topological polar surface area (TPSA) is 64.3 Å². The van der Waals surface area contributed by atoms with Gasteiger partial charge >= 0.3 is 0 Å². The van der Waals surface area contributed by atoms with Gasteiger partial charge in [-0.1, -0.05) is 26.0 Å². The van der Waals surface area contributed by atoms with E-state index in [0.29, 0.717) is 0 Å². The van der Waals surface area contributed by atoms with Crippen LogP contribution in [0.3, 0.4) is 0 Å². The van der Waals surface area contributed by atoms with E-state index in [2.05, 4.69) is 5.32 Å². The normalized spacial score (nSPS) is 14.1. The molecule has 100 valence electrons. The minimum absolute atomic E-state index is 0.0857. The molecule has 0 aliphatic heterocycles. The van der Waals surface area contributed by atoms with Gasteiger partial charge in [-0.2, -0.15) is 0 Å². The lowest BCUT2D eigenvalue weighted by molar-refractivity contribution is -0.123. The number of carbonyl (C=O) groups excluding carboxylic acids is 1. The van der Waals surface area contributed by atoms with Crippen molar-refractivity contribution in [3.05, 3.63) is 29.8 Å². The van der Waals surface area contributed by atoms with Crippen molar-refractivity contribution in [3.63, 3.8) is 0 Å². The zero-order chi connectivity index (χ0) is 13.7. The molecule has 4 heteroatoms. The summed E-state index contributed by atoms with van der Waals surface area (Å²) in [6.45, 7) is 5.79. The summed E-state index contributed by atoms with van der Waals surface area (Å²) in [4.78, 5) is 11.9. The van der Waals surface area contributed by atoms with E-state index in [-0.39, 0.29) is 17.9 Å².